The summed E-state index contributed by atoms with van der Waals surface area (Å²) >= 11 is 0. The van der Waals surface area contributed by atoms with Crippen LogP contribution in [-0.2, 0) is 0 Å². The van der Waals surface area contributed by atoms with Gasteiger partial charge >= 0.3 is 0 Å². The van der Waals surface area contributed by atoms with Gasteiger partial charge in [-0.3, -0.25) is 0 Å². The molecule has 40 valence electrons. The molecule has 8 heavy (non-hydrogen) atoms. The van der Waals surface area contributed by atoms with Crippen molar-refractivity contribution in [3.05, 3.63) is 23.4 Å². The molecule has 0 heterocycles. The van der Waals surface area contributed by atoms with Crippen LogP contribution in [0.5, 0.6) is 0 Å². The molecule has 0 aromatic heterocycles. The van der Waals surface area contributed by atoms with E-state index in [4.69, 9.17) is 13.0 Å². The lowest BCUT2D eigenvalue weighted by Crippen LogP contribution is -1.89. The van der Waals surface area contributed by atoms with Crippen molar-refractivity contribution in [2.24, 2.45) is 0 Å². The zero-order chi connectivity index (χ0) is 5.98. The standard InChI is InChI=1S/C6H7BO/c7-5-2-1-3-6(8)4-5/h2,4,8H,1,3H2. The van der Waals surface area contributed by atoms with Gasteiger partial charge in [-0.2, -0.15) is 0 Å². The highest BCUT2D eigenvalue weighted by molar-refractivity contribution is 6.23. The summed E-state index contributed by atoms with van der Waals surface area (Å²) in [5.74, 6) is 0.394. The Hall–Kier alpha value is -0.655. The van der Waals surface area contributed by atoms with Crippen molar-refractivity contribution in [3.63, 3.8) is 0 Å². The van der Waals surface area contributed by atoms with E-state index in [0.717, 1.165) is 12.8 Å². The topological polar surface area (TPSA) is 20.2 Å². The first-order valence-electron chi connectivity index (χ1n) is 2.64. The van der Waals surface area contributed by atoms with E-state index in [0.29, 0.717) is 11.2 Å². The highest BCUT2D eigenvalue weighted by Gasteiger charge is 1.97. The van der Waals surface area contributed by atoms with Gasteiger partial charge in [0, 0.05) is 6.42 Å². The van der Waals surface area contributed by atoms with Crippen molar-refractivity contribution in [1.82, 2.24) is 0 Å². The van der Waals surface area contributed by atoms with E-state index in [-0.39, 0.29) is 0 Å². The van der Waals surface area contributed by atoms with E-state index in [1.807, 2.05) is 6.08 Å². The summed E-state index contributed by atoms with van der Waals surface area (Å²) in [6.07, 6.45) is 5.10. The van der Waals surface area contributed by atoms with Gasteiger partial charge in [-0.15, -0.1) is 0 Å². The molecule has 1 rings (SSSR count). The van der Waals surface area contributed by atoms with Crippen LogP contribution in [0.15, 0.2) is 23.4 Å². The van der Waals surface area contributed by atoms with Gasteiger partial charge < -0.3 is 5.11 Å². The molecule has 0 amide bonds. The first-order valence-corrected chi connectivity index (χ1v) is 2.64. The molecule has 1 aliphatic carbocycles. The van der Waals surface area contributed by atoms with E-state index in [2.05, 4.69) is 0 Å². The molecule has 1 N–H and O–H groups in total. The minimum absolute atomic E-state index is 0.394. The number of allylic oxidation sites excluding steroid dienone is 4. The molecule has 0 unspecified atom stereocenters. The fourth-order valence-electron chi connectivity index (χ4n) is 0.710. The van der Waals surface area contributed by atoms with E-state index in [1.165, 1.54) is 0 Å². The third-order valence-corrected chi connectivity index (χ3v) is 1.11. The Bertz CT molecular complexity index is 147. The summed E-state index contributed by atoms with van der Waals surface area (Å²) in [7, 11) is 5.35. The molecule has 0 spiro atoms. The van der Waals surface area contributed by atoms with Crippen molar-refractivity contribution in [3.8, 4) is 0 Å². The van der Waals surface area contributed by atoms with E-state index >= 15 is 0 Å². The fraction of sp³-hybridized carbons (Fsp3) is 0.333. The minimum Gasteiger partial charge on any atom is -0.512 e. The smallest absolute Gasteiger partial charge is 0.113 e. The van der Waals surface area contributed by atoms with Crippen LogP contribution in [0.2, 0.25) is 0 Å². The number of hydrogen-bond donors (Lipinski definition) is 1. The summed E-state index contributed by atoms with van der Waals surface area (Å²) in [5.41, 5.74) is 0.675. The van der Waals surface area contributed by atoms with Crippen LogP contribution in [0.1, 0.15) is 12.8 Å². The molecule has 0 aromatic rings. The normalized spacial score (nSPS) is 19.5. The Morgan fingerprint density at radius 3 is 2.75 bits per heavy atom. The molecule has 1 aliphatic rings. The molecular formula is C6H7BO. The van der Waals surface area contributed by atoms with E-state index in [9.17, 15) is 0 Å². The highest BCUT2D eigenvalue weighted by atomic mass is 16.3. The van der Waals surface area contributed by atoms with Crippen LogP contribution in [0.25, 0.3) is 0 Å². The predicted molar refractivity (Wildman–Crippen MR) is 33.8 cm³/mol. The first kappa shape index (κ1) is 5.48. The van der Waals surface area contributed by atoms with Gasteiger partial charge in [-0.1, -0.05) is 11.5 Å². The lowest BCUT2D eigenvalue weighted by atomic mass is 9.90. The Labute approximate surface area is 50.1 Å². The van der Waals surface area contributed by atoms with Crippen molar-refractivity contribution >= 4 is 7.85 Å². The van der Waals surface area contributed by atoms with Gasteiger partial charge in [-0.05, 0) is 12.5 Å². The quantitative estimate of drug-likeness (QED) is 0.461. The van der Waals surface area contributed by atoms with Gasteiger partial charge in [0.1, 0.15) is 7.85 Å². The number of aliphatic hydroxyl groups excluding tert-OH is 1. The average molecular weight is 106 g/mol. The predicted octanol–water partition coefficient (Wildman–Crippen LogP) is 1.27. The second-order valence-corrected chi connectivity index (χ2v) is 1.88. The molecule has 0 saturated heterocycles. The molecule has 0 bridgehead atoms. The second-order valence-electron chi connectivity index (χ2n) is 1.88. The van der Waals surface area contributed by atoms with Crippen LogP contribution in [0, 0.1) is 0 Å². The maximum absolute atomic E-state index is 8.82. The molecule has 2 heteroatoms. The zero-order valence-corrected chi connectivity index (χ0v) is 4.59. The molecular weight excluding hydrogens is 98.9 g/mol. The number of rotatable bonds is 0. The van der Waals surface area contributed by atoms with Gasteiger partial charge in [0.2, 0.25) is 0 Å². The Morgan fingerprint density at radius 1 is 1.62 bits per heavy atom. The van der Waals surface area contributed by atoms with Gasteiger partial charge in [0.15, 0.2) is 0 Å². The summed E-state index contributed by atoms with van der Waals surface area (Å²) in [4.78, 5) is 0. The van der Waals surface area contributed by atoms with E-state index < -0.39 is 0 Å². The first-order chi connectivity index (χ1) is 3.79. The maximum Gasteiger partial charge on any atom is 0.113 e. The minimum atomic E-state index is 0.394. The van der Waals surface area contributed by atoms with Crippen LogP contribution in [-0.4, -0.2) is 13.0 Å². The van der Waals surface area contributed by atoms with Gasteiger partial charge in [0.05, 0.1) is 5.76 Å². The van der Waals surface area contributed by atoms with Crippen LogP contribution in [0.3, 0.4) is 0 Å². The molecule has 0 aromatic carbocycles. The monoisotopic (exact) mass is 106 g/mol. The average Bonchev–Trinajstić information content (AvgIpc) is 1.64. The molecule has 0 fully saturated rings. The highest BCUT2D eigenvalue weighted by Crippen LogP contribution is 2.11. The van der Waals surface area contributed by atoms with Crippen molar-refractivity contribution in [2.45, 2.75) is 12.8 Å². The lowest BCUT2D eigenvalue weighted by Gasteiger charge is -2.03. The van der Waals surface area contributed by atoms with Crippen molar-refractivity contribution in [1.29, 1.82) is 0 Å². The van der Waals surface area contributed by atoms with Gasteiger partial charge in [-0.25, -0.2) is 0 Å². The van der Waals surface area contributed by atoms with Crippen molar-refractivity contribution in [2.75, 3.05) is 0 Å². The Morgan fingerprint density at radius 2 is 2.38 bits per heavy atom. The van der Waals surface area contributed by atoms with Crippen LogP contribution < -0.4 is 0 Å². The third-order valence-electron chi connectivity index (χ3n) is 1.11. The third kappa shape index (κ3) is 1.16. The van der Waals surface area contributed by atoms with Crippen LogP contribution >= 0.6 is 0 Å². The summed E-state index contributed by atoms with van der Waals surface area (Å²) < 4.78 is 0. The summed E-state index contributed by atoms with van der Waals surface area (Å²) in [6.45, 7) is 0. The van der Waals surface area contributed by atoms with E-state index in [1.54, 1.807) is 6.08 Å². The molecule has 0 saturated carbocycles. The zero-order valence-electron chi connectivity index (χ0n) is 4.59. The molecule has 2 radical (unpaired) electrons. The fourth-order valence-corrected chi connectivity index (χ4v) is 0.710. The van der Waals surface area contributed by atoms with Crippen LogP contribution in [0.4, 0.5) is 0 Å². The second kappa shape index (κ2) is 2.08. The van der Waals surface area contributed by atoms with Gasteiger partial charge in [0.25, 0.3) is 0 Å². The molecule has 1 nitrogen and oxygen atoms in total. The SMILES string of the molecule is [B]C1=CCCC(O)=C1. The Kier molecular flexibility index (Phi) is 1.42. The lowest BCUT2D eigenvalue weighted by molar-refractivity contribution is 0.387. The van der Waals surface area contributed by atoms with Crippen molar-refractivity contribution < 1.29 is 5.11 Å². The molecule has 0 aliphatic heterocycles. The summed E-state index contributed by atoms with van der Waals surface area (Å²) in [6, 6.07) is 0. The summed E-state index contributed by atoms with van der Waals surface area (Å²) in [5, 5.41) is 8.82. The number of aliphatic hydroxyl groups is 1. The largest absolute Gasteiger partial charge is 0.512 e. The molecule has 0 atom stereocenters. The number of hydrogen-bond acceptors (Lipinski definition) is 1. The maximum atomic E-state index is 8.82. The Balaban J connectivity index is 2.69.